The molecule has 0 aliphatic carbocycles. The van der Waals surface area contributed by atoms with E-state index in [1.54, 1.807) is 7.11 Å². The molecule has 0 amide bonds. The summed E-state index contributed by atoms with van der Waals surface area (Å²) in [4.78, 5) is 0. The van der Waals surface area contributed by atoms with Crippen LogP contribution >= 0.6 is 0 Å². The van der Waals surface area contributed by atoms with Gasteiger partial charge >= 0.3 is 0 Å². The van der Waals surface area contributed by atoms with Crippen molar-refractivity contribution in [3.8, 4) is 6.07 Å². The fourth-order valence-electron chi connectivity index (χ4n) is 2.14. The first-order valence-corrected chi connectivity index (χ1v) is 6.72. The van der Waals surface area contributed by atoms with Gasteiger partial charge in [0.2, 0.25) is 0 Å². The molecular weight excluding hydrogens is 250 g/mol. The van der Waals surface area contributed by atoms with Crippen LogP contribution in [-0.2, 0) is 4.74 Å². The van der Waals surface area contributed by atoms with Crippen LogP contribution in [0.25, 0.3) is 10.8 Å². The molecular formula is C16H19N3O. The zero-order chi connectivity index (χ0) is 14.2. The van der Waals surface area contributed by atoms with Crippen LogP contribution in [0, 0.1) is 11.3 Å². The number of ether oxygens (including phenoxy) is 1. The molecule has 0 spiro atoms. The number of methoxy groups -OCH3 is 1. The maximum absolute atomic E-state index is 9.13. The highest BCUT2D eigenvalue weighted by molar-refractivity contribution is 5.97. The molecule has 0 aliphatic heterocycles. The average molecular weight is 269 g/mol. The van der Waals surface area contributed by atoms with E-state index in [2.05, 4.69) is 16.7 Å². The van der Waals surface area contributed by atoms with Crippen LogP contribution in [0.4, 0.5) is 5.69 Å². The predicted molar refractivity (Wildman–Crippen MR) is 81.9 cm³/mol. The van der Waals surface area contributed by atoms with E-state index in [-0.39, 0.29) is 0 Å². The lowest BCUT2D eigenvalue weighted by Gasteiger charge is -2.11. The van der Waals surface area contributed by atoms with Gasteiger partial charge < -0.3 is 15.4 Å². The second-order valence-corrected chi connectivity index (χ2v) is 4.49. The maximum Gasteiger partial charge on any atom is 0.0998 e. The number of nitrogens with zero attached hydrogens (tertiary/aromatic N) is 1. The summed E-state index contributed by atoms with van der Waals surface area (Å²) in [6.07, 6.45) is 0. The Labute approximate surface area is 119 Å². The second-order valence-electron chi connectivity index (χ2n) is 4.49. The molecule has 0 atom stereocenters. The number of fused-ring (bicyclic) bond motifs is 1. The predicted octanol–water partition coefficient (Wildman–Crippen LogP) is 2.36. The Morgan fingerprint density at radius 1 is 1.05 bits per heavy atom. The van der Waals surface area contributed by atoms with Gasteiger partial charge in [0, 0.05) is 43.2 Å². The molecule has 0 fully saturated rings. The summed E-state index contributed by atoms with van der Waals surface area (Å²) in [7, 11) is 1.70. The Kier molecular flexibility index (Phi) is 5.36. The van der Waals surface area contributed by atoms with Gasteiger partial charge in [-0.05, 0) is 12.1 Å². The standard InChI is InChI=1S/C16H19N3O/c1-20-11-10-18-8-9-19-16-7-6-13(12-17)14-4-2-3-5-15(14)16/h2-7,18-19H,8-11H2,1H3. The lowest BCUT2D eigenvalue weighted by Crippen LogP contribution is -2.25. The van der Waals surface area contributed by atoms with Crippen molar-refractivity contribution in [1.82, 2.24) is 5.32 Å². The summed E-state index contributed by atoms with van der Waals surface area (Å²) in [6.45, 7) is 3.28. The van der Waals surface area contributed by atoms with Crippen molar-refractivity contribution in [3.63, 3.8) is 0 Å². The van der Waals surface area contributed by atoms with Crippen molar-refractivity contribution in [3.05, 3.63) is 42.0 Å². The molecule has 2 rings (SSSR count). The SMILES string of the molecule is COCCNCCNc1ccc(C#N)c2ccccc12. The van der Waals surface area contributed by atoms with Gasteiger partial charge in [0.05, 0.1) is 18.2 Å². The maximum atomic E-state index is 9.13. The minimum atomic E-state index is 0.712. The molecule has 0 aliphatic rings. The molecule has 2 N–H and O–H groups in total. The van der Waals surface area contributed by atoms with Crippen LogP contribution in [0.5, 0.6) is 0 Å². The fourth-order valence-corrected chi connectivity index (χ4v) is 2.14. The van der Waals surface area contributed by atoms with Crippen molar-refractivity contribution in [2.75, 3.05) is 38.7 Å². The first-order chi connectivity index (χ1) is 9.86. The van der Waals surface area contributed by atoms with Crippen molar-refractivity contribution < 1.29 is 4.74 Å². The summed E-state index contributed by atoms with van der Waals surface area (Å²) < 4.78 is 4.98. The highest BCUT2D eigenvalue weighted by atomic mass is 16.5. The van der Waals surface area contributed by atoms with Gasteiger partial charge in [-0.15, -0.1) is 0 Å². The molecule has 4 nitrogen and oxygen atoms in total. The number of benzene rings is 2. The highest BCUT2D eigenvalue weighted by Crippen LogP contribution is 2.25. The number of anilines is 1. The molecule has 0 unspecified atom stereocenters. The lowest BCUT2D eigenvalue weighted by atomic mass is 10.0. The Morgan fingerprint density at radius 3 is 2.60 bits per heavy atom. The summed E-state index contributed by atoms with van der Waals surface area (Å²) in [5, 5.41) is 17.9. The first-order valence-electron chi connectivity index (χ1n) is 6.72. The Bertz CT molecular complexity index is 604. The third-order valence-electron chi connectivity index (χ3n) is 3.14. The number of rotatable bonds is 7. The normalized spacial score (nSPS) is 10.4. The Balaban J connectivity index is 2.02. The average Bonchev–Trinajstić information content (AvgIpc) is 2.50. The molecule has 104 valence electrons. The molecule has 2 aromatic carbocycles. The van der Waals surface area contributed by atoms with Gasteiger partial charge in [0.15, 0.2) is 0 Å². The van der Waals surface area contributed by atoms with Gasteiger partial charge in [0.1, 0.15) is 0 Å². The van der Waals surface area contributed by atoms with Gasteiger partial charge in [-0.1, -0.05) is 24.3 Å². The van der Waals surface area contributed by atoms with Crippen molar-refractivity contribution in [2.24, 2.45) is 0 Å². The molecule has 0 aromatic heterocycles. The molecule has 0 saturated carbocycles. The Hall–Kier alpha value is -2.09. The van der Waals surface area contributed by atoms with Gasteiger partial charge in [0.25, 0.3) is 0 Å². The van der Waals surface area contributed by atoms with Crippen LogP contribution in [0.1, 0.15) is 5.56 Å². The molecule has 2 aromatic rings. The van der Waals surface area contributed by atoms with Crippen molar-refractivity contribution >= 4 is 16.5 Å². The molecule has 0 saturated heterocycles. The van der Waals surface area contributed by atoms with Crippen molar-refractivity contribution in [1.29, 1.82) is 5.26 Å². The zero-order valence-electron chi connectivity index (χ0n) is 11.6. The van der Waals surface area contributed by atoms with E-state index in [9.17, 15) is 0 Å². The van der Waals surface area contributed by atoms with Crippen molar-refractivity contribution in [2.45, 2.75) is 0 Å². The second kappa shape index (κ2) is 7.49. The Morgan fingerprint density at radius 2 is 1.85 bits per heavy atom. The molecule has 20 heavy (non-hydrogen) atoms. The highest BCUT2D eigenvalue weighted by Gasteiger charge is 2.04. The van der Waals surface area contributed by atoms with Gasteiger partial charge in [-0.3, -0.25) is 0 Å². The van der Waals surface area contributed by atoms with E-state index >= 15 is 0 Å². The number of hydrogen-bond donors (Lipinski definition) is 2. The largest absolute Gasteiger partial charge is 0.383 e. The van der Waals surface area contributed by atoms with E-state index < -0.39 is 0 Å². The van der Waals surface area contributed by atoms with Crippen LogP contribution in [0.3, 0.4) is 0 Å². The number of hydrogen-bond acceptors (Lipinski definition) is 4. The molecule has 0 bridgehead atoms. The third kappa shape index (κ3) is 3.47. The molecule has 0 radical (unpaired) electrons. The van der Waals surface area contributed by atoms with E-state index in [1.807, 2.05) is 36.4 Å². The van der Waals surface area contributed by atoms with Gasteiger partial charge in [-0.2, -0.15) is 5.26 Å². The van der Waals surface area contributed by atoms with E-state index in [0.29, 0.717) is 5.56 Å². The van der Waals surface area contributed by atoms with Crippen LogP contribution in [0.2, 0.25) is 0 Å². The smallest absolute Gasteiger partial charge is 0.0998 e. The topological polar surface area (TPSA) is 57.1 Å². The summed E-state index contributed by atoms with van der Waals surface area (Å²) in [6, 6.07) is 14.0. The summed E-state index contributed by atoms with van der Waals surface area (Å²) >= 11 is 0. The summed E-state index contributed by atoms with van der Waals surface area (Å²) in [5.74, 6) is 0. The quantitative estimate of drug-likeness (QED) is 0.758. The monoisotopic (exact) mass is 269 g/mol. The first kappa shape index (κ1) is 14.3. The van der Waals surface area contributed by atoms with E-state index in [0.717, 1.165) is 42.7 Å². The van der Waals surface area contributed by atoms with E-state index in [4.69, 9.17) is 10.00 Å². The van der Waals surface area contributed by atoms with Crippen LogP contribution in [0.15, 0.2) is 36.4 Å². The van der Waals surface area contributed by atoms with Gasteiger partial charge in [-0.25, -0.2) is 0 Å². The lowest BCUT2D eigenvalue weighted by molar-refractivity contribution is 0.200. The number of nitriles is 1. The number of nitrogens with one attached hydrogen (secondary N) is 2. The molecule has 0 heterocycles. The van der Waals surface area contributed by atoms with Crippen LogP contribution in [-0.4, -0.2) is 33.4 Å². The molecule has 4 heteroatoms. The minimum Gasteiger partial charge on any atom is -0.383 e. The van der Waals surface area contributed by atoms with E-state index in [1.165, 1.54) is 0 Å². The third-order valence-corrected chi connectivity index (χ3v) is 3.14. The fraction of sp³-hybridized carbons (Fsp3) is 0.312. The van der Waals surface area contributed by atoms with Crippen LogP contribution < -0.4 is 10.6 Å². The minimum absolute atomic E-state index is 0.712. The summed E-state index contributed by atoms with van der Waals surface area (Å²) in [5.41, 5.74) is 1.78. The zero-order valence-corrected chi connectivity index (χ0v) is 11.6.